The molecule has 1 fully saturated rings. The van der Waals surface area contributed by atoms with Crippen molar-refractivity contribution in [2.45, 2.75) is 37.4 Å². The molecule has 0 aromatic rings. The Morgan fingerprint density at radius 2 is 1.76 bits per heavy atom. The lowest BCUT2D eigenvalue weighted by Crippen LogP contribution is -2.46. The topological polar surface area (TPSA) is 12.0 Å². The summed E-state index contributed by atoms with van der Waals surface area (Å²) in [7, 11) is 0. The van der Waals surface area contributed by atoms with Crippen molar-refractivity contribution < 1.29 is 30.7 Å². The van der Waals surface area contributed by atoms with Gasteiger partial charge in [-0.05, 0) is 25.0 Å². The van der Waals surface area contributed by atoms with Crippen LogP contribution in [0.4, 0.5) is 30.7 Å². The molecule has 1 heterocycles. The second-order valence-electron chi connectivity index (χ2n) is 5.04. The number of hydrogen-bond acceptors (Lipinski definition) is 1. The van der Waals surface area contributed by atoms with E-state index in [9.17, 15) is 30.7 Å². The summed E-state index contributed by atoms with van der Waals surface area (Å²) in [5.41, 5.74) is 1.02. The highest BCUT2D eigenvalue weighted by molar-refractivity contribution is 5.36. The summed E-state index contributed by atoms with van der Waals surface area (Å²) in [6, 6.07) is -0.721. The first-order valence-corrected chi connectivity index (χ1v) is 6.28. The molecule has 3 unspecified atom stereocenters. The van der Waals surface area contributed by atoms with Gasteiger partial charge in [0.15, 0.2) is 0 Å². The van der Waals surface area contributed by atoms with Gasteiger partial charge in [0, 0.05) is 18.2 Å². The molecular formula is C13H12F7N. The van der Waals surface area contributed by atoms with Gasteiger partial charge in [0.05, 0.1) is 11.5 Å². The van der Waals surface area contributed by atoms with E-state index in [1.807, 2.05) is 0 Å². The van der Waals surface area contributed by atoms with Crippen molar-refractivity contribution in [1.82, 2.24) is 5.32 Å². The van der Waals surface area contributed by atoms with E-state index in [4.69, 9.17) is 0 Å². The Hall–Kier alpha value is -1.27. The lowest BCUT2D eigenvalue weighted by molar-refractivity contribution is -0.179. The second kappa shape index (κ2) is 5.50. The van der Waals surface area contributed by atoms with Gasteiger partial charge in [-0.15, -0.1) is 5.73 Å². The van der Waals surface area contributed by atoms with Crippen LogP contribution < -0.4 is 5.32 Å². The minimum absolute atomic E-state index is 0.00988. The molecular weight excluding hydrogens is 303 g/mol. The third-order valence-electron chi connectivity index (χ3n) is 3.60. The van der Waals surface area contributed by atoms with E-state index >= 15 is 0 Å². The molecule has 3 atom stereocenters. The average molecular weight is 315 g/mol. The van der Waals surface area contributed by atoms with Crippen LogP contribution in [0.5, 0.6) is 0 Å². The second-order valence-corrected chi connectivity index (χ2v) is 5.04. The molecule has 0 bridgehead atoms. The van der Waals surface area contributed by atoms with Gasteiger partial charge in [0.1, 0.15) is 6.17 Å². The minimum Gasteiger partial charge on any atom is -0.309 e. The van der Waals surface area contributed by atoms with Crippen molar-refractivity contribution in [3.8, 4) is 0 Å². The normalized spacial score (nSPS) is 30.9. The van der Waals surface area contributed by atoms with Crippen LogP contribution in [0.25, 0.3) is 0 Å². The summed E-state index contributed by atoms with van der Waals surface area (Å²) >= 11 is 0. The van der Waals surface area contributed by atoms with E-state index in [2.05, 4.69) is 11.0 Å². The fourth-order valence-electron chi connectivity index (χ4n) is 2.41. The molecule has 2 aliphatic rings. The van der Waals surface area contributed by atoms with Crippen molar-refractivity contribution in [1.29, 1.82) is 0 Å². The monoisotopic (exact) mass is 315 g/mol. The van der Waals surface area contributed by atoms with Gasteiger partial charge in [-0.2, -0.15) is 26.3 Å². The first-order chi connectivity index (χ1) is 9.59. The standard InChI is InChI=1S/C13H12F7N/c14-10-5-7(12(15,16)17)1-3-9(10)11-4-2-8(6-21-11)13(18,19)20/h1,5,8,10-11,21H,2,4,6H2. The molecule has 1 N–H and O–H groups in total. The zero-order valence-corrected chi connectivity index (χ0v) is 10.7. The van der Waals surface area contributed by atoms with Crippen LogP contribution in [0, 0.1) is 5.92 Å². The minimum atomic E-state index is -4.66. The van der Waals surface area contributed by atoms with Crippen LogP contribution in [0.1, 0.15) is 12.8 Å². The van der Waals surface area contributed by atoms with Crippen molar-refractivity contribution in [2.75, 3.05) is 6.54 Å². The maximum atomic E-state index is 13.8. The molecule has 0 spiro atoms. The average Bonchev–Trinajstić information content (AvgIpc) is 2.36. The Kier molecular flexibility index (Phi) is 4.22. The number of allylic oxidation sites excluding steroid dienone is 2. The predicted molar refractivity (Wildman–Crippen MR) is 61.2 cm³/mol. The third-order valence-corrected chi connectivity index (χ3v) is 3.60. The number of rotatable bonds is 1. The van der Waals surface area contributed by atoms with Crippen molar-refractivity contribution in [3.63, 3.8) is 0 Å². The van der Waals surface area contributed by atoms with Crippen LogP contribution in [0.15, 0.2) is 29.0 Å². The zero-order valence-electron chi connectivity index (χ0n) is 10.7. The number of piperidine rings is 1. The third kappa shape index (κ3) is 3.68. The van der Waals surface area contributed by atoms with Gasteiger partial charge in [-0.3, -0.25) is 0 Å². The first-order valence-electron chi connectivity index (χ1n) is 6.28. The molecule has 1 aliphatic heterocycles. The molecule has 0 amide bonds. The molecule has 118 valence electrons. The van der Waals surface area contributed by atoms with Crippen molar-refractivity contribution >= 4 is 0 Å². The lowest BCUT2D eigenvalue weighted by atomic mass is 9.87. The Morgan fingerprint density at radius 1 is 1.10 bits per heavy atom. The van der Waals surface area contributed by atoms with Crippen LogP contribution in [0.3, 0.4) is 0 Å². The number of hydrogen-bond donors (Lipinski definition) is 1. The fourth-order valence-corrected chi connectivity index (χ4v) is 2.41. The summed E-state index contributed by atoms with van der Waals surface area (Å²) in [6.45, 7) is -0.373. The largest absolute Gasteiger partial charge is 0.416 e. The quantitative estimate of drug-likeness (QED) is 0.573. The Morgan fingerprint density at radius 3 is 2.19 bits per heavy atom. The highest BCUT2D eigenvalue weighted by Gasteiger charge is 2.43. The van der Waals surface area contributed by atoms with Crippen molar-refractivity contribution in [2.24, 2.45) is 5.92 Å². The van der Waals surface area contributed by atoms with Crippen LogP contribution in [-0.4, -0.2) is 31.1 Å². The van der Waals surface area contributed by atoms with Gasteiger partial charge in [-0.25, -0.2) is 4.39 Å². The number of halogens is 7. The molecule has 2 rings (SSSR count). The molecule has 8 heteroatoms. The summed E-state index contributed by atoms with van der Waals surface area (Å²) < 4.78 is 88.5. The first kappa shape index (κ1) is 16.1. The van der Waals surface area contributed by atoms with Crippen LogP contribution >= 0.6 is 0 Å². The molecule has 0 radical (unpaired) electrons. The van der Waals surface area contributed by atoms with Crippen LogP contribution in [0.2, 0.25) is 0 Å². The maximum absolute atomic E-state index is 13.8. The summed E-state index contributed by atoms with van der Waals surface area (Å²) in [6.07, 6.45) is -10.1. The molecule has 1 nitrogen and oxygen atoms in total. The van der Waals surface area contributed by atoms with Crippen molar-refractivity contribution in [3.05, 3.63) is 29.0 Å². The molecule has 0 aromatic carbocycles. The Balaban J connectivity index is 2.07. The zero-order chi connectivity index (χ0) is 15.8. The summed E-state index contributed by atoms with van der Waals surface area (Å²) in [4.78, 5) is 0. The Bertz CT molecular complexity index is 486. The van der Waals surface area contributed by atoms with E-state index in [1.165, 1.54) is 0 Å². The van der Waals surface area contributed by atoms with Crippen LogP contribution in [-0.2, 0) is 0 Å². The fraction of sp³-hybridized carbons (Fsp3) is 0.615. The van der Waals surface area contributed by atoms with Gasteiger partial charge >= 0.3 is 12.4 Å². The highest BCUT2D eigenvalue weighted by Crippen LogP contribution is 2.35. The van der Waals surface area contributed by atoms with E-state index < -0.39 is 36.1 Å². The van der Waals surface area contributed by atoms with E-state index in [-0.39, 0.29) is 25.0 Å². The van der Waals surface area contributed by atoms with Gasteiger partial charge < -0.3 is 5.32 Å². The van der Waals surface area contributed by atoms with Gasteiger partial charge in [0.25, 0.3) is 0 Å². The summed E-state index contributed by atoms with van der Waals surface area (Å²) in [5.74, 6) is -1.51. The predicted octanol–water partition coefficient (Wildman–Crippen LogP) is 3.84. The Labute approximate surface area is 116 Å². The number of nitrogens with one attached hydrogen (secondary N) is 1. The molecule has 21 heavy (non-hydrogen) atoms. The molecule has 0 aromatic heterocycles. The SMILES string of the molecule is FC1C=C(C(F)(F)F)C=C=C1C1CCC(C(F)(F)F)CN1. The number of alkyl halides is 7. The van der Waals surface area contributed by atoms with Gasteiger partial charge in [-0.1, -0.05) is 0 Å². The van der Waals surface area contributed by atoms with E-state index in [0.29, 0.717) is 12.2 Å². The van der Waals surface area contributed by atoms with Gasteiger partial charge in [0.2, 0.25) is 0 Å². The smallest absolute Gasteiger partial charge is 0.309 e. The highest BCUT2D eigenvalue weighted by atomic mass is 19.4. The summed E-state index contributed by atoms with van der Waals surface area (Å²) in [5, 5.41) is 2.54. The van der Waals surface area contributed by atoms with E-state index in [1.54, 1.807) is 0 Å². The molecule has 0 saturated carbocycles. The van der Waals surface area contributed by atoms with E-state index in [0.717, 1.165) is 0 Å². The molecule has 1 saturated heterocycles. The maximum Gasteiger partial charge on any atom is 0.416 e. The lowest BCUT2D eigenvalue weighted by Gasteiger charge is -2.32. The molecule has 1 aliphatic carbocycles.